The van der Waals surface area contributed by atoms with E-state index in [-0.39, 0.29) is 11.8 Å². The van der Waals surface area contributed by atoms with E-state index in [0.29, 0.717) is 5.92 Å². The van der Waals surface area contributed by atoms with Gasteiger partial charge in [-0.15, -0.1) is 0 Å². The Morgan fingerprint density at radius 3 is 2.29 bits per heavy atom. The van der Waals surface area contributed by atoms with Crippen LogP contribution in [-0.4, -0.2) is 5.91 Å². The van der Waals surface area contributed by atoms with Crippen LogP contribution in [0, 0.1) is 11.8 Å². The molecule has 0 aromatic rings. The minimum absolute atomic E-state index is 0.128. The number of hydrogen-bond donors (Lipinski definition) is 1. The average molecular weight is 239 g/mol. The first-order chi connectivity index (χ1) is 8.13. The zero-order valence-corrected chi connectivity index (χ0v) is 11.8. The molecule has 1 unspecified atom stereocenters. The Labute approximate surface area is 107 Å². The molecule has 1 atom stereocenters. The van der Waals surface area contributed by atoms with E-state index in [4.69, 9.17) is 0 Å². The van der Waals surface area contributed by atoms with Gasteiger partial charge < -0.3 is 5.32 Å². The number of hydrogen-bond acceptors (Lipinski definition) is 1. The van der Waals surface area contributed by atoms with Crippen molar-refractivity contribution in [3.63, 3.8) is 0 Å². The Bertz CT molecular complexity index is 211. The molecule has 0 bridgehead atoms. The number of nitrogens with one attached hydrogen (secondary N) is 1. The van der Waals surface area contributed by atoms with Crippen molar-refractivity contribution in [2.75, 3.05) is 0 Å². The zero-order chi connectivity index (χ0) is 13.1. The smallest absolute Gasteiger partial charge is 0.227 e. The molecule has 0 aromatic heterocycles. The van der Waals surface area contributed by atoms with Crippen LogP contribution in [0.15, 0.2) is 12.8 Å². The lowest BCUT2D eigenvalue weighted by Crippen LogP contribution is -2.30. The van der Waals surface area contributed by atoms with Crippen LogP contribution in [0.2, 0.25) is 0 Å². The van der Waals surface area contributed by atoms with Crippen molar-refractivity contribution in [2.24, 2.45) is 11.8 Å². The van der Waals surface area contributed by atoms with Gasteiger partial charge in [0.15, 0.2) is 0 Å². The fourth-order valence-electron chi connectivity index (χ4n) is 2.12. The Balaban J connectivity index is 3.78. The van der Waals surface area contributed by atoms with Gasteiger partial charge in [0.05, 0.1) is 0 Å². The molecule has 0 aromatic carbocycles. The highest BCUT2D eigenvalue weighted by atomic mass is 16.1. The van der Waals surface area contributed by atoms with Gasteiger partial charge in [-0.25, -0.2) is 0 Å². The van der Waals surface area contributed by atoms with Crippen LogP contribution >= 0.6 is 0 Å². The molecule has 0 spiro atoms. The maximum absolute atomic E-state index is 11.8. The van der Waals surface area contributed by atoms with Crippen molar-refractivity contribution in [2.45, 2.75) is 65.7 Å². The normalized spacial score (nSPS) is 12.5. The quantitative estimate of drug-likeness (QED) is 0.567. The van der Waals surface area contributed by atoms with Crippen molar-refractivity contribution in [3.8, 4) is 0 Å². The lowest BCUT2D eigenvalue weighted by molar-refractivity contribution is -0.125. The maximum atomic E-state index is 11.8. The van der Waals surface area contributed by atoms with Gasteiger partial charge in [-0.1, -0.05) is 65.9 Å². The van der Waals surface area contributed by atoms with E-state index in [1.807, 2.05) is 0 Å². The summed E-state index contributed by atoms with van der Waals surface area (Å²) in [6, 6.07) is 0. The van der Waals surface area contributed by atoms with E-state index in [0.717, 1.165) is 12.8 Å². The summed E-state index contributed by atoms with van der Waals surface area (Å²) in [5, 5.41) is 2.71. The predicted octanol–water partition coefficient (Wildman–Crippen LogP) is 4.27. The molecule has 2 heteroatoms. The highest BCUT2D eigenvalue weighted by Crippen LogP contribution is 2.19. The first-order valence-electron chi connectivity index (χ1n) is 7.04. The molecular formula is C15H29NO. The van der Waals surface area contributed by atoms with E-state index in [9.17, 15) is 4.79 Å². The predicted molar refractivity (Wildman–Crippen MR) is 74.7 cm³/mol. The standard InChI is InChI=1S/C15H29NO/c1-5-7-8-9-10-11-12-14(13(3)4)15(17)16-6-2/h6,13-14H,2,5,7-12H2,1,3-4H3,(H,16,17). The maximum Gasteiger partial charge on any atom is 0.227 e. The van der Waals surface area contributed by atoms with Crippen molar-refractivity contribution < 1.29 is 4.79 Å². The van der Waals surface area contributed by atoms with E-state index in [2.05, 4.69) is 32.7 Å². The molecule has 0 heterocycles. The largest absolute Gasteiger partial charge is 0.333 e. The molecule has 0 fully saturated rings. The molecule has 0 saturated heterocycles. The van der Waals surface area contributed by atoms with Gasteiger partial charge >= 0.3 is 0 Å². The van der Waals surface area contributed by atoms with Gasteiger partial charge in [0, 0.05) is 5.92 Å². The fourth-order valence-corrected chi connectivity index (χ4v) is 2.12. The molecule has 100 valence electrons. The summed E-state index contributed by atoms with van der Waals surface area (Å²) in [5.74, 6) is 0.674. The minimum atomic E-state index is 0.128. The second-order valence-electron chi connectivity index (χ2n) is 5.12. The second-order valence-corrected chi connectivity index (χ2v) is 5.12. The molecule has 0 aliphatic heterocycles. The molecular weight excluding hydrogens is 210 g/mol. The van der Waals surface area contributed by atoms with Crippen molar-refractivity contribution in [1.82, 2.24) is 5.32 Å². The van der Waals surface area contributed by atoms with Gasteiger partial charge in [0.25, 0.3) is 0 Å². The van der Waals surface area contributed by atoms with E-state index >= 15 is 0 Å². The highest BCUT2D eigenvalue weighted by Gasteiger charge is 2.20. The number of carbonyl (C=O) groups excluding carboxylic acids is 1. The van der Waals surface area contributed by atoms with Crippen LogP contribution in [0.25, 0.3) is 0 Å². The van der Waals surface area contributed by atoms with Crippen molar-refractivity contribution in [1.29, 1.82) is 0 Å². The SMILES string of the molecule is C=CNC(=O)C(CCCCCCCC)C(C)C. The van der Waals surface area contributed by atoms with Crippen LogP contribution in [0.5, 0.6) is 0 Å². The van der Waals surface area contributed by atoms with Crippen LogP contribution in [0.1, 0.15) is 65.7 Å². The van der Waals surface area contributed by atoms with Crippen LogP contribution in [-0.2, 0) is 4.79 Å². The average Bonchev–Trinajstić information content (AvgIpc) is 2.27. The molecule has 0 aliphatic rings. The molecule has 0 rings (SSSR count). The van der Waals surface area contributed by atoms with Crippen LogP contribution in [0.4, 0.5) is 0 Å². The molecule has 17 heavy (non-hydrogen) atoms. The lowest BCUT2D eigenvalue weighted by atomic mass is 9.89. The Hall–Kier alpha value is -0.790. The number of unbranched alkanes of at least 4 members (excludes halogenated alkanes) is 5. The van der Waals surface area contributed by atoms with Crippen LogP contribution in [0.3, 0.4) is 0 Å². The summed E-state index contributed by atoms with van der Waals surface area (Å²) in [7, 11) is 0. The van der Waals surface area contributed by atoms with E-state index in [1.165, 1.54) is 38.3 Å². The van der Waals surface area contributed by atoms with Gasteiger partial charge in [-0.2, -0.15) is 0 Å². The first kappa shape index (κ1) is 16.2. The highest BCUT2D eigenvalue weighted by molar-refractivity contribution is 5.79. The molecule has 1 amide bonds. The molecule has 0 saturated carbocycles. The summed E-state index contributed by atoms with van der Waals surface area (Å²) in [5.41, 5.74) is 0. The second kappa shape index (κ2) is 10.4. The Kier molecular flexibility index (Phi) is 9.89. The summed E-state index contributed by atoms with van der Waals surface area (Å²) in [6.45, 7) is 10.0. The molecule has 2 nitrogen and oxygen atoms in total. The topological polar surface area (TPSA) is 29.1 Å². The lowest BCUT2D eigenvalue weighted by Gasteiger charge is -2.19. The van der Waals surface area contributed by atoms with Gasteiger partial charge in [-0.05, 0) is 18.5 Å². The summed E-state index contributed by atoms with van der Waals surface area (Å²) < 4.78 is 0. The summed E-state index contributed by atoms with van der Waals surface area (Å²) in [6.07, 6.45) is 10.2. The van der Waals surface area contributed by atoms with Gasteiger partial charge in [-0.3, -0.25) is 4.79 Å². The summed E-state index contributed by atoms with van der Waals surface area (Å²) >= 11 is 0. The van der Waals surface area contributed by atoms with Crippen molar-refractivity contribution >= 4 is 5.91 Å². The zero-order valence-electron chi connectivity index (χ0n) is 11.8. The third-order valence-electron chi connectivity index (χ3n) is 3.25. The van der Waals surface area contributed by atoms with Crippen molar-refractivity contribution in [3.05, 3.63) is 12.8 Å². The number of amides is 1. The monoisotopic (exact) mass is 239 g/mol. The minimum Gasteiger partial charge on any atom is -0.333 e. The Morgan fingerprint density at radius 2 is 1.76 bits per heavy atom. The third kappa shape index (κ3) is 8.00. The number of carbonyl (C=O) groups is 1. The van der Waals surface area contributed by atoms with E-state index < -0.39 is 0 Å². The molecule has 0 radical (unpaired) electrons. The molecule has 0 aliphatic carbocycles. The molecule has 1 N–H and O–H groups in total. The van der Waals surface area contributed by atoms with E-state index in [1.54, 1.807) is 0 Å². The van der Waals surface area contributed by atoms with Gasteiger partial charge in [0.2, 0.25) is 5.91 Å². The first-order valence-corrected chi connectivity index (χ1v) is 7.04. The van der Waals surface area contributed by atoms with Crippen LogP contribution < -0.4 is 5.32 Å². The Morgan fingerprint density at radius 1 is 1.18 bits per heavy atom. The summed E-state index contributed by atoms with van der Waals surface area (Å²) in [4.78, 5) is 11.8. The van der Waals surface area contributed by atoms with Gasteiger partial charge in [0.1, 0.15) is 0 Å². The number of rotatable bonds is 10. The fraction of sp³-hybridized carbons (Fsp3) is 0.800. The third-order valence-corrected chi connectivity index (χ3v) is 3.25.